The number of hydrogen-bond donors (Lipinski definition) is 1. The molecule has 1 heterocycles. The molecule has 1 aliphatic heterocycles. The summed E-state index contributed by atoms with van der Waals surface area (Å²) >= 11 is 0. The molecule has 4 aromatic carbocycles. The van der Waals surface area contributed by atoms with Crippen LogP contribution < -0.4 is 4.74 Å². The van der Waals surface area contributed by atoms with Gasteiger partial charge in [-0.1, -0.05) is 97.1 Å². The van der Waals surface area contributed by atoms with E-state index in [0.29, 0.717) is 5.75 Å². The van der Waals surface area contributed by atoms with E-state index in [1.807, 2.05) is 103 Å². The molecule has 0 aliphatic carbocycles. The minimum absolute atomic E-state index is 0.203. The highest BCUT2D eigenvalue weighted by Gasteiger charge is 2.39. The van der Waals surface area contributed by atoms with Gasteiger partial charge in [-0.25, -0.2) is 4.79 Å². The zero-order chi connectivity index (χ0) is 25.1. The molecule has 1 aliphatic rings. The second kappa shape index (κ2) is 10.1. The summed E-state index contributed by atoms with van der Waals surface area (Å²) in [5.41, 5.74) is 5.36. The Morgan fingerprint density at radius 1 is 0.833 bits per heavy atom. The lowest BCUT2D eigenvalue weighted by atomic mass is 9.84. The number of carboxylic acid groups (broad SMARTS) is 1. The maximum atomic E-state index is 14.1. The van der Waals surface area contributed by atoms with Gasteiger partial charge in [0.15, 0.2) is 0 Å². The van der Waals surface area contributed by atoms with Crippen LogP contribution in [0.5, 0.6) is 5.75 Å². The fraction of sp³-hybridized carbons (Fsp3) is 0.161. The van der Waals surface area contributed by atoms with Gasteiger partial charge < -0.3 is 14.7 Å². The van der Waals surface area contributed by atoms with Crippen LogP contribution in [0.4, 0.5) is 0 Å². The molecule has 0 radical (unpaired) electrons. The predicted octanol–water partition coefficient (Wildman–Crippen LogP) is 5.53. The summed E-state index contributed by atoms with van der Waals surface area (Å²) in [6, 6.07) is 31.8. The molecule has 36 heavy (non-hydrogen) atoms. The number of aliphatic carboxylic acids is 1. The summed E-state index contributed by atoms with van der Waals surface area (Å²) in [6.45, 7) is 0.213. The fourth-order valence-corrected chi connectivity index (χ4v) is 5.13. The maximum Gasteiger partial charge on any atom is 0.326 e. The van der Waals surface area contributed by atoms with Crippen molar-refractivity contribution < 1.29 is 19.4 Å². The van der Waals surface area contributed by atoms with E-state index in [-0.39, 0.29) is 18.9 Å². The van der Waals surface area contributed by atoms with E-state index in [1.165, 1.54) is 4.90 Å². The van der Waals surface area contributed by atoms with Crippen molar-refractivity contribution in [2.45, 2.75) is 24.9 Å². The van der Waals surface area contributed by atoms with Gasteiger partial charge in [-0.2, -0.15) is 0 Å². The monoisotopic (exact) mass is 477 g/mol. The van der Waals surface area contributed by atoms with Gasteiger partial charge in [0.1, 0.15) is 11.8 Å². The van der Waals surface area contributed by atoms with Crippen LogP contribution in [-0.2, 0) is 22.6 Å². The van der Waals surface area contributed by atoms with E-state index in [0.717, 1.165) is 33.4 Å². The zero-order valence-corrected chi connectivity index (χ0v) is 20.0. The average Bonchev–Trinajstić information content (AvgIpc) is 2.93. The molecule has 0 saturated heterocycles. The van der Waals surface area contributed by atoms with E-state index in [1.54, 1.807) is 7.11 Å². The third-order valence-corrected chi connectivity index (χ3v) is 6.85. The van der Waals surface area contributed by atoms with E-state index < -0.39 is 17.9 Å². The van der Waals surface area contributed by atoms with Crippen LogP contribution in [0.1, 0.15) is 28.2 Å². The molecular weight excluding hydrogens is 450 g/mol. The van der Waals surface area contributed by atoms with Crippen LogP contribution in [0.15, 0.2) is 103 Å². The molecule has 0 bridgehead atoms. The summed E-state index contributed by atoms with van der Waals surface area (Å²) < 4.78 is 5.66. The van der Waals surface area contributed by atoms with E-state index in [4.69, 9.17) is 4.74 Å². The average molecular weight is 478 g/mol. The molecule has 0 saturated carbocycles. The smallest absolute Gasteiger partial charge is 0.326 e. The lowest BCUT2D eigenvalue weighted by molar-refractivity contribution is -0.151. The number of rotatable bonds is 6. The molecule has 0 aromatic heterocycles. The molecule has 4 aromatic rings. The number of hydrogen-bond acceptors (Lipinski definition) is 3. The molecule has 1 N–H and O–H groups in total. The Balaban J connectivity index is 1.60. The van der Waals surface area contributed by atoms with Crippen LogP contribution in [0.25, 0.3) is 11.1 Å². The van der Waals surface area contributed by atoms with Gasteiger partial charge in [-0.05, 0) is 33.9 Å². The number of amides is 1. The first-order valence-corrected chi connectivity index (χ1v) is 12.0. The number of benzene rings is 4. The van der Waals surface area contributed by atoms with Gasteiger partial charge in [0.05, 0.1) is 13.0 Å². The number of carbonyl (C=O) groups excluding carboxylic acids is 1. The Hall–Kier alpha value is -4.38. The SMILES string of the molecule is COc1ccc2c(c1-c1ccccc1)CC(C(=O)O)N(C(=O)C(c1ccccc1)c1ccccc1)C2. The van der Waals surface area contributed by atoms with Crippen LogP contribution in [0, 0.1) is 0 Å². The summed E-state index contributed by atoms with van der Waals surface area (Å²) in [5.74, 6) is -1.14. The van der Waals surface area contributed by atoms with Crippen molar-refractivity contribution in [3.8, 4) is 16.9 Å². The van der Waals surface area contributed by atoms with E-state index >= 15 is 0 Å². The normalized spacial score (nSPS) is 14.8. The van der Waals surface area contributed by atoms with Gasteiger partial charge in [0.2, 0.25) is 5.91 Å². The first-order valence-electron chi connectivity index (χ1n) is 12.0. The lowest BCUT2D eigenvalue weighted by Gasteiger charge is -2.38. The van der Waals surface area contributed by atoms with Crippen molar-refractivity contribution in [1.29, 1.82) is 0 Å². The number of carbonyl (C=O) groups is 2. The minimum Gasteiger partial charge on any atom is -0.496 e. The van der Waals surface area contributed by atoms with Crippen LogP contribution in [0.2, 0.25) is 0 Å². The Morgan fingerprint density at radius 2 is 1.39 bits per heavy atom. The van der Waals surface area contributed by atoms with Gasteiger partial charge >= 0.3 is 5.97 Å². The summed E-state index contributed by atoms with van der Waals surface area (Å²) in [6.07, 6.45) is 0.203. The van der Waals surface area contributed by atoms with E-state index in [2.05, 4.69) is 0 Å². The summed E-state index contributed by atoms with van der Waals surface area (Å²) in [7, 11) is 1.62. The van der Waals surface area contributed by atoms with Gasteiger partial charge in [0, 0.05) is 18.5 Å². The third-order valence-electron chi connectivity index (χ3n) is 6.85. The highest BCUT2D eigenvalue weighted by atomic mass is 16.5. The summed E-state index contributed by atoms with van der Waals surface area (Å²) in [4.78, 5) is 28.2. The second-order valence-electron chi connectivity index (χ2n) is 8.93. The van der Waals surface area contributed by atoms with Gasteiger partial charge in [-0.15, -0.1) is 0 Å². The molecule has 1 amide bonds. The highest BCUT2D eigenvalue weighted by molar-refractivity contribution is 5.92. The Kier molecular flexibility index (Phi) is 6.54. The number of fused-ring (bicyclic) bond motifs is 1. The lowest BCUT2D eigenvalue weighted by Crippen LogP contribution is -2.50. The molecular formula is C31H27NO4. The molecule has 180 valence electrons. The number of ether oxygens (including phenoxy) is 1. The fourth-order valence-electron chi connectivity index (χ4n) is 5.13. The van der Waals surface area contributed by atoms with Crippen LogP contribution >= 0.6 is 0 Å². The highest BCUT2D eigenvalue weighted by Crippen LogP contribution is 2.40. The van der Waals surface area contributed by atoms with Gasteiger partial charge in [-0.3, -0.25) is 4.79 Å². The van der Waals surface area contributed by atoms with Crippen molar-refractivity contribution >= 4 is 11.9 Å². The Labute approximate surface area is 210 Å². The quantitative estimate of drug-likeness (QED) is 0.396. The molecule has 5 nitrogen and oxygen atoms in total. The summed E-state index contributed by atoms with van der Waals surface area (Å²) in [5, 5.41) is 10.3. The topological polar surface area (TPSA) is 66.8 Å². The molecule has 0 fully saturated rings. The largest absolute Gasteiger partial charge is 0.496 e. The molecule has 1 unspecified atom stereocenters. The van der Waals surface area contributed by atoms with Crippen LogP contribution in [0.3, 0.4) is 0 Å². The second-order valence-corrected chi connectivity index (χ2v) is 8.93. The molecule has 0 spiro atoms. The number of methoxy groups -OCH3 is 1. The Morgan fingerprint density at radius 3 is 1.92 bits per heavy atom. The van der Waals surface area contributed by atoms with Crippen molar-refractivity contribution in [2.75, 3.05) is 7.11 Å². The standard InChI is InChI=1S/C31H27NO4/c1-36-27-18-17-24-20-32(26(31(34)35)19-25(24)29(27)23-15-9-4-10-16-23)30(33)28(21-11-5-2-6-12-21)22-13-7-3-8-14-22/h2-18,26,28H,19-20H2,1H3,(H,34,35). The van der Waals surface area contributed by atoms with Crippen LogP contribution in [-0.4, -0.2) is 35.0 Å². The Bertz CT molecular complexity index is 1330. The maximum absolute atomic E-state index is 14.1. The predicted molar refractivity (Wildman–Crippen MR) is 139 cm³/mol. The van der Waals surface area contributed by atoms with Gasteiger partial charge in [0.25, 0.3) is 0 Å². The first kappa shape index (κ1) is 23.4. The van der Waals surface area contributed by atoms with Crippen molar-refractivity contribution in [3.05, 3.63) is 125 Å². The third kappa shape index (κ3) is 4.36. The first-order chi connectivity index (χ1) is 17.6. The molecule has 5 rings (SSSR count). The number of carboxylic acids is 1. The van der Waals surface area contributed by atoms with Crippen molar-refractivity contribution in [2.24, 2.45) is 0 Å². The number of nitrogens with zero attached hydrogens (tertiary/aromatic N) is 1. The molecule has 5 heteroatoms. The molecule has 1 atom stereocenters. The zero-order valence-electron chi connectivity index (χ0n) is 20.0. The van der Waals surface area contributed by atoms with Crippen molar-refractivity contribution in [1.82, 2.24) is 4.90 Å². The minimum atomic E-state index is -1.02. The van der Waals surface area contributed by atoms with E-state index in [9.17, 15) is 14.7 Å². The van der Waals surface area contributed by atoms with Crippen molar-refractivity contribution in [3.63, 3.8) is 0 Å².